The molecule has 0 bridgehead atoms. The number of benzene rings is 3. The number of para-hydroxylation sites is 2. The van der Waals surface area contributed by atoms with Crippen molar-refractivity contribution in [1.82, 2.24) is 0 Å². The molecular weight excluding hydrogens is 323 g/mol. The Bertz CT molecular complexity index is 865. The van der Waals surface area contributed by atoms with Crippen LogP contribution in [-0.2, 0) is 6.18 Å². The molecule has 0 amide bonds. The number of hydrogen-bond acceptors (Lipinski definition) is 1. The van der Waals surface area contributed by atoms with Gasteiger partial charge in [-0.1, -0.05) is 48.5 Å². The fraction of sp³-hybridized carbons (Fsp3) is 0.143. The van der Waals surface area contributed by atoms with Gasteiger partial charge in [0.25, 0.3) is 0 Å². The van der Waals surface area contributed by atoms with Gasteiger partial charge in [-0.15, -0.1) is 0 Å². The Hall–Kier alpha value is -2.75. The highest BCUT2D eigenvalue weighted by Gasteiger charge is 2.32. The summed E-state index contributed by atoms with van der Waals surface area (Å²) in [7, 11) is 2.01. The molecule has 126 valence electrons. The number of rotatable bonds is 1. The van der Waals surface area contributed by atoms with E-state index in [0.717, 1.165) is 28.1 Å². The Kier molecular flexibility index (Phi) is 3.57. The van der Waals surface area contributed by atoms with Gasteiger partial charge in [-0.3, -0.25) is 0 Å². The van der Waals surface area contributed by atoms with E-state index >= 15 is 0 Å². The first-order chi connectivity index (χ1) is 12.0. The van der Waals surface area contributed by atoms with E-state index in [4.69, 9.17) is 0 Å². The van der Waals surface area contributed by atoms with E-state index in [0.29, 0.717) is 0 Å². The molecule has 3 aromatic carbocycles. The number of halogens is 3. The summed E-state index contributed by atoms with van der Waals surface area (Å²) in [5.74, 6) is -0.0779. The lowest BCUT2D eigenvalue weighted by Gasteiger charge is -2.35. The molecule has 1 aliphatic rings. The first-order valence-corrected chi connectivity index (χ1v) is 8.05. The average molecular weight is 339 g/mol. The molecule has 4 heteroatoms. The molecule has 4 rings (SSSR count). The van der Waals surface area contributed by atoms with Gasteiger partial charge < -0.3 is 4.90 Å². The van der Waals surface area contributed by atoms with Crippen LogP contribution in [0.2, 0.25) is 0 Å². The van der Waals surface area contributed by atoms with E-state index in [2.05, 4.69) is 4.90 Å². The van der Waals surface area contributed by atoms with Gasteiger partial charge in [0.15, 0.2) is 0 Å². The first-order valence-electron chi connectivity index (χ1n) is 8.05. The van der Waals surface area contributed by atoms with Gasteiger partial charge in [0.2, 0.25) is 0 Å². The lowest BCUT2D eigenvalue weighted by molar-refractivity contribution is -0.137. The van der Waals surface area contributed by atoms with Gasteiger partial charge >= 0.3 is 6.18 Å². The van der Waals surface area contributed by atoms with E-state index in [1.54, 1.807) is 12.1 Å². The number of hydrogen-bond donors (Lipinski definition) is 0. The second kappa shape index (κ2) is 5.66. The van der Waals surface area contributed by atoms with Crippen LogP contribution in [-0.4, -0.2) is 7.05 Å². The van der Waals surface area contributed by atoms with Crippen LogP contribution < -0.4 is 4.90 Å². The standard InChI is InChI=1S/C21H16F3N/c1-25-18-8-4-2-6-16(18)20(17-7-3-5-9-19(17)25)14-10-12-15(13-11-14)21(22,23)24/h2-13,20H,1H3. The first kappa shape index (κ1) is 15.8. The van der Waals surface area contributed by atoms with Crippen molar-refractivity contribution in [3.05, 3.63) is 95.1 Å². The van der Waals surface area contributed by atoms with E-state index < -0.39 is 11.7 Å². The lowest BCUT2D eigenvalue weighted by Crippen LogP contribution is -2.22. The highest BCUT2D eigenvalue weighted by molar-refractivity contribution is 5.77. The average Bonchev–Trinajstić information content (AvgIpc) is 2.62. The van der Waals surface area contributed by atoms with Gasteiger partial charge in [0, 0.05) is 24.3 Å². The van der Waals surface area contributed by atoms with E-state index in [9.17, 15) is 13.2 Å². The highest BCUT2D eigenvalue weighted by Crippen LogP contribution is 2.47. The van der Waals surface area contributed by atoms with Gasteiger partial charge in [0.05, 0.1) is 5.56 Å². The molecule has 3 aromatic rings. The Morgan fingerprint density at radius 3 is 1.68 bits per heavy atom. The summed E-state index contributed by atoms with van der Waals surface area (Å²) < 4.78 is 38.7. The Labute approximate surface area is 144 Å². The number of alkyl halides is 3. The Balaban J connectivity index is 1.89. The maximum atomic E-state index is 12.9. The summed E-state index contributed by atoms with van der Waals surface area (Å²) in [5.41, 5.74) is 4.59. The van der Waals surface area contributed by atoms with E-state index in [1.807, 2.05) is 55.6 Å². The lowest BCUT2D eigenvalue weighted by atomic mass is 9.80. The van der Waals surface area contributed by atoms with E-state index in [1.165, 1.54) is 12.1 Å². The molecule has 0 aliphatic carbocycles. The molecule has 0 fully saturated rings. The Morgan fingerprint density at radius 2 is 1.20 bits per heavy atom. The van der Waals surface area contributed by atoms with Crippen LogP contribution in [0.1, 0.15) is 28.2 Å². The number of fused-ring (bicyclic) bond motifs is 2. The summed E-state index contributed by atoms with van der Waals surface area (Å²) in [6.45, 7) is 0. The minimum Gasteiger partial charge on any atom is -0.344 e. The molecule has 0 saturated heterocycles. The third kappa shape index (κ3) is 2.58. The van der Waals surface area contributed by atoms with Crippen molar-refractivity contribution in [2.45, 2.75) is 12.1 Å². The second-order valence-corrected chi connectivity index (χ2v) is 6.23. The highest BCUT2D eigenvalue weighted by atomic mass is 19.4. The van der Waals surface area contributed by atoms with Crippen LogP contribution in [0.4, 0.5) is 24.5 Å². The number of anilines is 2. The van der Waals surface area contributed by atoms with Gasteiger partial charge in [-0.2, -0.15) is 13.2 Å². The normalized spacial score (nSPS) is 14.2. The fourth-order valence-corrected chi connectivity index (χ4v) is 3.60. The summed E-state index contributed by atoms with van der Waals surface area (Å²) in [6, 6.07) is 21.6. The third-order valence-corrected chi connectivity index (χ3v) is 4.79. The van der Waals surface area contributed by atoms with Crippen LogP contribution in [0.5, 0.6) is 0 Å². The molecular formula is C21H16F3N. The molecule has 0 saturated carbocycles. The maximum Gasteiger partial charge on any atom is 0.416 e. The zero-order valence-corrected chi connectivity index (χ0v) is 13.6. The second-order valence-electron chi connectivity index (χ2n) is 6.23. The molecule has 1 heterocycles. The van der Waals surface area contributed by atoms with Gasteiger partial charge in [-0.05, 0) is 41.0 Å². The number of nitrogens with zero attached hydrogens (tertiary/aromatic N) is 1. The predicted molar refractivity (Wildman–Crippen MR) is 93.3 cm³/mol. The van der Waals surface area contributed by atoms with Crippen molar-refractivity contribution >= 4 is 11.4 Å². The minimum absolute atomic E-state index is 0.0779. The van der Waals surface area contributed by atoms with Crippen LogP contribution in [0, 0.1) is 0 Å². The molecule has 0 spiro atoms. The molecule has 25 heavy (non-hydrogen) atoms. The van der Waals surface area contributed by atoms with Crippen LogP contribution >= 0.6 is 0 Å². The van der Waals surface area contributed by atoms with Crippen molar-refractivity contribution in [2.24, 2.45) is 0 Å². The zero-order valence-electron chi connectivity index (χ0n) is 13.6. The van der Waals surface area contributed by atoms with Crippen LogP contribution in [0.3, 0.4) is 0 Å². The maximum absolute atomic E-state index is 12.9. The predicted octanol–water partition coefficient (Wildman–Crippen LogP) is 5.97. The van der Waals surface area contributed by atoms with Gasteiger partial charge in [-0.25, -0.2) is 0 Å². The van der Waals surface area contributed by atoms with Crippen LogP contribution in [0.25, 0.3) is 0 Å². The molecule has 0 radical (unpaired) electrons. The summed E-state index contributed by atoms with van der Waals surface area (Å²) >= 11 is 0. The molecule has 1 nitrogen and oxygen atoms in total. The molecule has 1 aliphatic heterocycles. The molecule has 0 atom stereocenters. The monoisotopic (exact) mass is 339 g/mol. The van der Waals surface area contributed by atoms with Crippen molar-refractivity contribution in [2.75, 3.05) is 11.9 Å². The van der Waals surface area contributed by atoms with Crippen molar-refractivity contribution in [3.8, 4) is 0 Å². The summed E-state index contributed by atoms with van der Waals surface area (Å²) in [6.07, 6.45) is -4.32. The quantitative estimate of drug-likeness (QED) is 0.528. The summed E-state index contributed by atoms with van der Waals surface area (Å²) in [5, 5.41) is 0. The topological polar surface area (TPSA) is 3.24 Å². The van der Waals surface area contributed by atoms with Crippen molar-refractivity contribution < 1.29 is 13.2 Å². The third-order valence-electron chi connectivity index (χ3n) is 4.79. The van der Waals surface area contributed by atoms with E-state index in [-0.39, 0.29) is 5.92 Å². The van der Waals surface area contributed by atoms with Crippen molar-refractivity contribution in [3.63, 3.8) is 0 Å². The van der Waals surface area contributed by atoms with Gasteiger partial charge in [0.1, 0.15) is 0 Å². The molecule has 0 aromatic heterocycles. The van der Waals surface area contributed by atoms with Crippen molar-refractivity contribution in [1.29, 1.82) is 0 Å². The summed E-state index contributed by atoms with van der Waals surface area (Å²) in [4.78, 5) is 2.13. The molecule has 0 unspecified atom stereocenters. The minimum atomic E-state index is -4.32. The zero-order chi connectivity index (χ0) is 17.6. The SMILES string of the molecule is CN1c2ccccc2C(c2ccc(C(F)(F)F)cc2)c2ccccc21. The van der Waals surface area contributed by atoms with Crippen LogP contribution in [0.15, 0.2) is 72.8 Å². The Morgan fingerprint density at radius 1 is 0.720 bits per heavy atom. The fourth-order valence-electron chi connectivity index (χ4n) is 3.60. The largest absolute Gasteiger partial charge is 0.416 e. The smallest absolute Gasteiger partial charge is 0.344 e. The molecule has 0 N–H and O–H groups in total.